The summed E-state index contributed by atoms with van der Waals surface area (Å²) >= 11 is 7.35. The monoisotopic (exact) mass is 295 g/mol. The van der Waals surface area contributed by atoms with E-state index in [1.54, 1.807) is 12.1 Å². The minimum absolute atomic E-state index is 0.249. The highest BCUT2D eigenvalue weighted by Gasteiger charge is 2.24. The Morgan fingerprint density at radius 2 is 1.95 bits per heavy atom. The van der Waals surface area contributed by atoms with Crippen LogP contribution in [-0.4, -0.2) is 16.1 Å². The molecule has 3 nitrogen and oxygen atoms in total. The molecular weight excluding hydrogens is 282 g/mol. The number of carboxylic acid groups (broad SMARTS) is 1. The Labute approximate surface area is 120 Å². The first-order chi connectivity index (χ1) is 8.79. The molecule has 2 aromatic rings. The number of halogens is 1. The lowest BCUT2D eigenvalue weighted by molar-refractivity contribution is 0.0693. The molecule has 0 spiro atoms. The molecule has 0 amide bonds. The lowest BCUT2D eigenvalue weighted by atomic mass is 9.88. The molecule has 2 rings (SSSR count). The number of rotatable bonds is 2. The molecule has 0 saturated carbocycles. The van der Waals surface area contributed by atoms with Crippen LogP contribution in [0.25, 0.3) is 10.6 Å². The van der Waals surface area contributed by atoms with E-state index in [9.17, 15) is 9.90 Å². The van der Waals surface area contributed by atoms with Gasteiger partial charge in [-0.2, -0.15) is 0 Å². The van der Waals surface area contributed by atoms with Crippen molar-refractivity contribution in [2.75, 3.05) is 0 Å². The molecule has 100 valence electrons. The van der Waals surface area contributed by atoms with E-state index in [-0.39, 0.29) is 11.0 Å². The van der Waals surface area contributed by atoms with Crippen LogP contribution in [0.4, 0.5) is 0 Å². The van der Waals surface area contributed by atoms with Gasteiger partial charge < -0.3 is 5.11 Å². The first kappa shape index (κ1) is 14.0. The maximum absolute atomic E-state index is 11.3. The standard InChI is InChI=1S/C14H14ClNO2S/c1-14(2,3)12-8(13(17)18)4-5-9(16-12)10-6-7-11(15)19-10/h4-7H,1-3H3,(H,17,18). The van der Waals surface area contributed by atoms with Crippen molar-refractivity contribution in [2.45, 2.75) is 26.2 Å². The molecular formula is C14H14ClNO2S. The highest BCUT2D eigenvalue weighted by molar-refractivity contribution is 7.19. The Morgan fingerprint density at radius 3 is 2.42 bits per heavy atom. The number of nitrogens with zero attached hydrogens (tertiary/aromatic N) is 1. The van der Waals surface area contributed by atoms with Gasteiger partial charge in [-0.15, -0.1) is 11.3 Å². The third kappa shape index (κ3) is 2.96. The van der Waals surface area contributed by atoms with Crippen molar-refractivity contribution in [3.05, 3.63) is 39.9 Å². The van der Waals surface area contributed by atoms with E-state index in [0.29, 0.717) is 10.0 Å². The summed E-state index contributed by atoms with van der Waals surface area (Å²) in [6.07, 6.45) is 0. The quantitative estimate of drug-likeness (QED) is 0.890. The van der Waals surface area contributed by atoms with E-state index >= 15 is 0 Å². The van der Waals surface area contributed by atoms with Crippen molar-refractivity contribution < 1.29 is 9.90 Å². The second-order valence-corrected chi connectivity index (χ2v) is 6.97. The molecule has 0 aliphatic rings. The van der Waals surface area contributed by atoms with E-state index in [2.05, 4.69) is 4.98 Å². The zero-order chi connectivity index (χ0) is 14.2. The van der Waals surface area contributed by atoms with E-state index in [1.807, 2.05) is 32.9 Å². The van der Waals surface area contributed by atoms with Gasteiger partial charge in [-0.3, -0.25) is 4.98 Å². The number of hydrogen-bond donors (Lipinski definition) is 1. The van der Waals surface area contributed by atoms with Gasteiger partial charge in [0.2, 0.25) is 0 Å². The fourth-order valence-electron chi connectivity index (χ4n) is 1.79. The number of aromatic carboxylic acids is 1. The highest BCUT2D eigenvalue weighted by Crippen LogP contribution is 2.32. The van der Waals surface area contributed by atoms with E-state index in [1.165, 1.54) is 11.3 Å². The molecule has 0 atom stereocenters. The van der Waals surface area contributed by atoms with Crippen LogP contribution in [0.15, 0.2) is 24.3 Å². The van der Waals surface area contributed by atoms with Gasteiger partial charge in [0.15, 0.2) is 0 Å². The summed E-state index contributed by atoms with van der Waals surface area (Å²) in [4.78, 5) is 16.7. The van der Waals surface area contributed by atoms with Crippen LogP contribution >= 0.6 is 22.9 Å². The third-order valence-electron chi connectivity index (χ3n) is 2.66. The van der Waals surface area contributed by atoms with Gasteiger partial charge in [0, 0.05) is 5.41 Å². The van der Waals surface area contributed by atoms with Gasteiger partial charge in [-0.25, -0.2) is 4.79 Å². The van der Waals surface area contributed by atoms with Crippen LogP contribution in [0.2, 0.25) is 4.34 Å². The number of aromatic nitrogens is 1. The SMILES string of the molecule is CC(C)(C)c1nc(-c2ccc(Cl)s2)ccc1C(=O)O. The molecule has 0 aromatic carbocycles. The van der Waals surface area contributed by atoms with Crippen LogP contribution in [0.1, 0.15) is 36.8 Å². The Balaban J connectivity index is 2.59. The van der Waals surface area contributed by atoms with Crippen LogP contribution in [0.5, 0.6) is 0 Å². The van der Waals surface area contributed by atoms with E-state index in [0.717, 1.165) is 10.6 Å². The minimum atomic E-state index is -0.951. The molecule has 0 aliphatic carbocycles. The molecule has 0 saturated heterocycles. The van der Waals surface area contributed by atoms with Crippen molar-refractivity contribution in [3.8, 4) is 10.6 Å². The number of carbonyl (C=O) groups is 1. The lowest BCUT2D eigenvalue weighted by Gasteiger charge is -2.20. The zero-order valence-corrected chi connectivity index (χ0v) is 12.5. The third-order valence-corrected chi connectivity index (χ3v) is 3.92. The molecule has 0 aliphatic heterocycles. The second-order valence-electron chi connectivity index (χ2n) is 5.25. The number of carboxylic acids is 1. The predicted molar refractivity (Wildman–Crippen MR) is 78.2 cm³/mol. The van der Waals surface area contributed by atoms with E-state index < -0.39 is 5.97 Å². The Kier molecular flexibility index (Phi) is 3.65. The van der Waals surface area contributed by atoms with Gasteiger partial charge in [0.05, 0.1) is 26.2 Å². The van der Waals surface area contributed by atoms with Crippen molar-refractivity contribution >= 4 is 28.9 Å². The number of hydrogen-bond acceptors (Lipinski definition) is 3. The summed E-state index contributed by atoms with van der Waals surface area (Å²) < 4.78 is 0.691. The summed E-state index contributed by atoms with van der Waals surface area (Å²) in [5, 5.41) is 9.24. The first-order valence-corrected chi connectivity index (χ1v) is 6.99. The molecule has 0 unspecified atom stereocenters. The zero-order valence-electron chi connectivity index (χ0n) is 10.9. The Bertz CT molecular complexity index is 629. The predicted octanol–water partition coefficient (Wildman–Crippen LogP) is 4.46. The first-order valence-electron chi connectivity index (χ1n) is 5.79. The van der Waals surface area contributed by atoms with Gasteiger partial charge >= 0.3 is 5.97 Å². The second kappa shape index (κ2) is 4.94. The molecule has 0 radical (unpaired) electrons. The smallest absolute Gasteiger partial charge is 0.337 e. The topological polar surface area (TPSA) is 50.2 Å². The summed E-state index contributed by atoms with van der Waals surface area (Å²) in [6.45, 7) is 5.85. The van der Waals surface area contributed by atoms with Gasteiger partial charge in [-0.05, 0) is 24.3 Å². The van der Waals surface area contributed by atoms with Crippen LogP contribution in [0, 0.1) is 0 Å². The summed E-state index contributed by atoms with van der Waals surface area (Å²) in [7, 11) is 0. The molecule has 5 heteroatoms. The van der Waals surface area contributed by atoms with Crippen molar-refractivity contribution in [1.82, 2.24) is 4.98 Å². The number of pyridine rings is 1. The minimum Gasteiger partial charge on any atom is -0.478 e. The molecule has 0 fully saturated rings. The maximum atomic E-state index is 11.3. The van der Waals surface area contributed by atoms with Crippen LogP contribution in [0.3, 0.4) is 0 Å². The normalized spacial score (nSPS) is 11.6. The highest BCUT2D eigenvalue weighted by atomic mass is 35.5. The Morgan fingerprint density at radius 1 is 1.26 bits per heavy atom. The van der Waals surface area contributed by atoms with Crippen LogP contribution in [-0.2, 0) is 5.41 Å². The molecule has 19 heavy (non-hydrogen) atoms. The van der Waals surface area contributed by atoms with Crippen LogP contribution < -0.4 is 0 Å². The summed E-state index contributed by atoms with van der Waals surface area (Å²) in [6, 6.07) is 7.03. The Hall–Kier alpha value is -1.39. The van der Waals surface area contributed by atoms with E-state index in [4.69, 9.17) is 11.6 Å². The largest absolute Gasteiger partial charge is 0.478 e. The van der Waals surface area contributed by atoms with Gasteiger partial charge in [0.1, 0.15) is 0 Å². The molecule has 1 N–H and O–H groups in total. The van der Waals surface area contributed by atoms with Gasteiger partial charge in [-0.1, -0.05) is 32.4 Å². The van der Waals surface area contributed by atoms with Crippen molar-refractivity contribution in [2.24, 2.45) is 0 Å². The number of thiophene rings is 1. The molecule has 0 bridgehead atoms. The fourth-order valence-corrected chi connectivity index (χ4v) is 2.81. The average molecular weight is 296 g/mol. The molecule has 2 heterocycles. The lowest BCUT2D eigenvalue weighted by Crippen LogP contribution is -2.19. The van der Waals surface area contributed by atoms with Crippen molar-refractivity contribution in [3.63, 3.8) is 0 Å². The summed E-state index contributed by atoms with van der Waals surface area (Å²) in [5.74, 6) is -0.951. The fraction of sp³-hybridized carbons (Fsp3) is 0.286. The molecule has 2 aromatic heterocycles. The summed E-state index contributed by atoms with van der Waals surface area (Å²) in [5.41, 5.74) is 1.26. The average Bonchev–Trinajstić information content (AvgIpc) is 2.74. The van der Waals surface area contributed by atoms with Gasteiger partial charge in [0.25, 0.3) is 0 Å². The maximum Gasteiger partial charge on any atom is 0.337 e. The van der Waals surface area contributed by atoms with Crippen molar-refractivity contribution in [1.29, 1.82) is 0 Å².